The molecular formula is C19H25NO. The number of benzene rings is 2. The molecule has 0 amide bonds. The molecule has 2 N–H and O–H groups in total. The van der Waals surface area contributed by atoms with Crippen LogP contribution in [-0.2, 0) is 6.54 Å². The molecule has 0 aromatic heterocycles. The van der Waals surface area contributed by atoms with Gasteiger partial charge in [0.05, 0.1) is 6.10 Å². The molecule has 2 heteroatoms. The van der Waals surface area contributed by atoms with Crippen LogP contribution in [0, 0.1) is 0 Å². The summed E-state index contributed by atoms with van der Waals surface area (Å²) in [6, 6.07) is 18.5. The fraction of sp³-hybridized carbons (Fsp3) is 0.368. The lowest BCUT2D eigenvalue weighted by atomic mass is 10.0. The van der Waals surface area contributed by atoms with Gasteiger partial charge in [0.2, 0.25) is 0 Å². The van der Waals surface area contributed by atoms with Crippen LogP contribution in [0.5, 0.6) is 0 Å². The molecule has 0 aliphatic heterocycles. The largest absolute Gasteiger partial charge is 0.387 e. The third kappa shape index (κ3) is 4.42. The lowest BCUT2D eigenvalue weighted by Crippen LogP contribution is -2.31. The first-order valence-corrected chi connectivity index (χ1v) is 7.63. The van der Waals surface area contributed by atoms with E-state index in [4.69, 9.17) is 0 Å². The predicted molar refractivity (Wildman–Crippen MR) is 88.2 cm³/mol. The molecule has 0 heterocycles. The standard InChI is InChI=1S/C19H25NO/c1-14(2)17-11-9-16(10-12-17)13-20-15(3)19(21)18-7-5-4-6-8-18/h4-12,14-15,19-21H,13H2,1-3H3/t15-,19+/m1/s1. The molecule has 0 fully saturated rings. The summed E-state index contributed by atoms with van der Waals surface area (Å²) in [5.41, 5.74) is 3.55. The molecule has 2 rings (SSSR count). The minimum absolute atomic E-state index is 0.0113. The molecular weight excluding hydrogens is 258 g/mol. The average molecular weight is 283 g/mol. The van der Waals surface area contributed by atoms with Crippen LogP contribution in [0.15, 0.2) is 54.6 Å². The van der Waals surface area contributed by atoms with Gasteiger partial charge in [0.1, 0.15) is 0 Å². The number of aliphatic hydroxyl groups is 1. The van der Waals surface area contributed by atoms with Gasteiger partial charge >= 0.3 is 0 Å². The maximum atomic E-state index is 10.3. The maximum Gasteiger partial charge on any atom is 0.0940 e. The third-order valence-corrected chi connectivity index (χ3v) is 3.89. The molecule has 21 heavy (non-hydrogen) atoms. The highest BCUT2D eigenvalue weighted by atomic mass is 16.3. The van der Waals surface area contributed by atoms with Crippen molar-refractivity contribution in [2.45, 2.75) is 45.4 Å². The summed E-state index contributed by atoms with van der Waals surface area (Å²) >= 11 is 0. The van der Waals surface area contributed by atoms with Gasteiger partial charge < -0.3 is 10.4 Å². The van der Waals surface area contributed by atoms with Crippen LogP contribution in [0.1, 0.15) is 49.5 Å². The quantitative estimate of drug-likeness (QED) is 0.839. The van der Waals surface area contributed by atoms with Crippen LogP contribution in [-0.4, -0.2) is 11.1 Å². The molecule has 112 valence electrons. The Morgan fingerprint density at radius 2 is 1.48 bits per heavy atom. The van der Waals surface area contributed by atoms with Crippen LogP contribution in [0.4, 0.5) is 0 Å². The van der Waals surface area contributed by atoms with Crippen LogP contribution < -0.4 is 5.32 Å². The number of hydrogen-bond donors (Lipinski definition) is 2. The van der Waals surface area contributed by atoms with E-state index < -0.39 is 6.10 Å². The minimum atomic E-state index is -0.485. The van der Waals surface area contributed by atoms with Crippen molar-refractivity contribution in [2.75, 3.05) is 0 Å². The van der Waals surface area contributed by atoms with E-state index in [1.165, 1.54) is 11.1 Å². The van der Waals surface area contributed by atoms with E-state index in [9.17, 15) is 5.11 Å². The van der Waals surface area contributed by atoms with Crippen molar-refractivity contribution in [1.29, 1.82) is 0 Å². The van der Waals surface area contributed by atoms with Gasteiger partial charge in [-0.2, -0.15) is 0 Å². The van der Waals surface area contributed by atoms with Gasteiger partial charge in [-0.05, 0) is 29.5 Å². The monoisotopic (exact) mass is 283 g/mol. The first kappa shape index (κ1) is 15.7. The second-order valence-electron chi connectivity index (χ2n) is 5.92. The van der Waals surface area contributed by atoms with Crippen molar-refractivity contribution in [3.8, 4) is 0 Å². The van der Waals surface area contributed by atoms with Crippen LogP contribution >= 0.6 is 0 Å². The highest BCUT2D eigenvalue weighted by Crippen LogP contribution is 2.17. The molecule has 0 bridgehead atoms. The molecule has 0 radical (unpaired) electrons. The molecule has 2 aromatic carbocycles. The molecule has 2 aromatic rings. The van der Waals surface area contributed by atoms with E-state index in [0.717, 1.165) is 12.1 Å². The van der Waals surface area contributed by atoms with E-state index in [0.29, 0.717) is 5.92 Å². The lowest BCUT2D eigenvalue weighted by molar-refractivity contribution is 0.135. The summed E-state index contributed by atoms with van der Waals surface area (Å²) in [5, 5.41) is 13.7. The van der Waals surface area contributed by atoms with Crippen LogP contribution in [0.3, 0.4) is 0 Å². The highest BCUT2D eigenvalue weighted by Gasteiger charge is 2.15. The number of aliphatic hydroxyl groups excluding tert-OH is 1. The zero-order chi connectivity index (χ0) is 15.2. The van der Waals surface area contributed by atoms with E-state index in [-0.39, 0.29) is 6.04 Å². The highest BCUT2D eigenvalue weighted by molar-refractivity contribution is 5.25. The number of rotatable bonds is 6. The van der Waals surface area contributed by atoms with E-state index in [2.05, 4.69) is 43.4 Å². The summed E-state index contributed by atoms with van der Waals surface area (Å²) in [4.78, 5) is 0. The number of nitrogens with one attached hydrogen (secondary N) is 1. The summed E-state index contributed by atoms with van der Waals surface area (Å²) in [6.45, 7) is 7.18. The zero-order valence-electron chi connectivity index (χ0n) is 13.1. The first-order valence-electron chi connectivity index (χ1n) is 7.63. The smallest absolute Gasteiger partial charge is 0.0940 e. The van der Waals surface area contributed by atoms with Gasteiger partial charge in [0.15, 0.2) is 0 Å². The minimum Gasteiger partial charge on any atom is -0.387 e. The topological polar surface area (TPSA) is 32.3 Å². The van der Waals surface area contributed by atoms with Crippen molar-refractivity contribution < 1.29 is 5.11 Å². The predicted octanol–water partition coefficient (Wildman–Crippen LogP) is 4.02. The Balaban J connectivity index is 1.90. The SMILES string of the molecule is CC(C)c1ccc(CN[C@H](C)[C@H](O)c2ccccc2)cc1. The van der Waals surface area contributed by atoms with Crippen LogP contribution in [0.2, 0.25) is 0 Å². The Morgan fingerprint density at radius 1 is 0.857 bits per heavy atom. The van der Waals surface area contributed by atoms with Crippen molar-refractivity contribution in [3.05, 3.63) is 71.3 Å². The van der Waals surface area contributed by atoms with Crippen molar-refractivity contribution in [1.82, 2.24) is 5.32 Å². The fourth-order valence-electron chi connectivity index (χ4n) is 2.35. The first-order chi connectivity index (χ1) is 10.1. The van der Waals surface area contributed by atoms with Gasteiger partial charge in [0, 0.05) is 12.6 Å². The van der Waals surface area contributed by atoms with Crippen LogP contribution in [0.25, 0.3) is 0 Å². The van der Waals surface area contributed by atoms with Gasteiger partial charge in [0.25, 0.3) is 0 Å². The molecule has 0 saturated heterocycles. The second-order valence-corrected chi connectivity index (χ2v) is 5.92. The molecule has 0 aliphatic carbocycles. The molecule has 0 unspecified atom stereocenters. The van der Waals surface area contributed by atoms with Gasteiger partial charge in [-0.15, -0.1) is 0 Å². The molecule has 0 saturated carbocycles. The molecule has 2 nitrogen and oxygen atoms in total. The van der Waals surface area contributed by atoms with Crippen molar-refractivity contribution >= 4 is 0 Å². The van der Waals surface area contributed by atoms with Gasteiger partial charge in [-0.3, -0.25) is 0 Å². The Labute approximate surface area is 127 Å². The Bertz CT molecular complexity index is 533. The lowest BCUT2D eigenvalue weighted by Gasteiger charge is -2.21. The van der Waals surface area contributed by atoms with E-state index >= 15 is 0 Å². The summed E-state index contributed by atoms with van der Waals surface area (Å²) in [7, 11) is 0. The van der Waals surface area contributed by atoms with E-state index in [1.54, 1.807) is 0 Å². The average Bonchev–Trinajstić information content (AvgIpc) is 2.53. The molecule has 0 spiro atoms. The van der Waals surface area contributed by atoms with Crippen molar-refractivity contribution in [3.63, 3.8) is 0 Å². The van der Waals surface area contributed by atoms with Gasteiger partial charge in [-0.25, -0.2) is 0 Å². The maximum absolute atomic E-state index is 10.3. The normalized spacial score (nSPS) is 14.1. The third-order valence-electron chi connectivity index (χ3n) is 3.89. The van der Waals surface area contributed by atoms with Gasteiger partial charge in [-0.1, -0.05) is 68.4 Å². The summed E-state index contributed by atoms with van der Waals surface area (Å²) in [5.74, 6) is 0.561. The summed E-state index contributed by atoms with van der Waals surface area (Å²) < 4.78 is 0. The zero-order valence-corrected chi connectivity index (χ0v) is 13.1. The second kappa shape index (κ2) is 7.39. The number of hydrogen-bond acceptors (Lipinski definition) is 2. The van der Waals surface area contributed by atoms with Crippen molar-refractivity contribution in [2.24, 2.45) is 0 Å². The summed E-state index contributed by atoms with van der Waals surface area (Å²) in [6.07, 6.45) is -0.485. The molecule has 2 atom stereocenters. The Morgan fingerprint density at radius 3 is 2.05 bits per heavy atom. The molecule has 0 aliphatic rings. The fourth-order valence-corrected chi connectivity index (χ4v) is 2.35. The Hall–Kier alpha value is -1.64. The van der Waals surface area contributed by atoms with E-state index in [1.807, 2.05) is 37.3 Å². The Kier molecular flexibility index (Phi) is 5.54.